The number of hydrogen-bond acceptors (Lipinski definition) is 5. The second-order valence-electron chi connectivity index (χ2n) is 7.73. The van der Waals surface area contributed by atoms with Gasteiger partial charge in [-0.25, -0.2) is 4.98 Å². The highest BCUT2D eigenvalue weighted by Crippen LogP contribution is 2.34. The average Bonchev–Trinajstić information content (AvgIpc) is 3.24. The van der Waals surface area contributed by atoms with Crippen LogP contribution in [0.3, 0.4) is 0 Å². The summed E-state index contributed by atoms with van der Waals surface area (Å²) in [6.45, 7) is 5.60. The maximum atomic E-state index is 12.6. The Morgan fingerprint density at radius 3 is 2.68 bits per heavy atom. The number of aromatic amines is 1. The van der Waals surface area contributed by atoms with Gasteiger partial charge in [0.25, 0.3) is 5.56 Å². The van der Waals surface area contributed by atoms with E-state index in [-0.39, 0.29) is 5.56 Å². The highest BCUT2D eigenvalue weighted by atomic mass is 35.5. The first kappa shape index (κ1) is 18.3. The molecular weight excluding hydrogens is 392 g/mol. The van der Waals surface area contributed by atoms with Crippen molar-refractivity contribution in [2.45, 2.75) is 32.4 Å². The molecule has 3 heterocycles. The standard InChI is InChI=1S/C21H23ClN4OS/c22-15-4-1-3-14(11-15)12-25-7-9-26(10-8-25)13-18-23-20(27)19-16-5-2-6-17(16)28-21(19)24-18/h1,3-4,11H,2,5-10,12-13H2,(H,23,24,27). The van der Waals surface area contributed by atoms with Gasteiger partial charge in [-0.05, 0) is 42.5 Å². The maximum absolute atomic E-state index is 12.6. The molecule has 2 aliphatic rings. The van der Waals surface area contributed by atoms with Crippen molar-refractivity contribution in [3.05, 3.63) is 61.5 Å². The molecule has 1 saturated heterocycles. The van der Waals surface area contributed by atoms with Gasteiger partial charge in [0.1, 0.15) is 10.7 Å². The van der Waals surface area contributed by atoms with Crippen LogP contribution in [0, 0.1) is 0 Å². The van der Waals surface area contributed by atoms with Crippen molar-refractivity contribution in [3.8, 4) is 0 Å². The van der Waals surface area contributed by atoms with Gasteiger partial charge in [-0.1, -0.05) is 23.7 Å². The molecule has 1 N–H and O–H groups in total. The Kier molecular flexibility index (Phi) is 4.97. The molecule has 1 fully saturated rings. The molecule has 2 aromatic heterocycles. The van der Waals surface area contributed by atoms with E-state index in [1.165, 1.54) is 16.0 Å². The molecule has 28 heavy (non-hydrogen) atoms. The molecule has 0 spiro atoms. The van der Waals surface area contributed by atoms with Crippen molar-refractivity contribution in [2.24, 2.45) is 0 Å². The van der Waals surface area contributed by atoms with Crippen LogP contribution in [0.25, 0.3) is 10.2 Å². The number of nitrogens with one attached hydrogen (secondary N) is 1. The summed E-state index contributed by atoms with van der Waals surface area (Å²) in [5, 5.41) is 1.63. The van der Waals surface area contributed by atoms with E-state index in [4.69, 9.17) is 16.6 Å². The monoisotopic (exact) mass is 414 g/mol. The number of hydrogen-bond donors (Lipinski definition) is 1. The molecular formula is C21H23ClN4OS. The SMILES string of the molecule is O=c1[nH]c(CN2CCN(Cc3cccc(Cl)c3)CC2)nc2sc3c(c12)CCC3. The van der Waals surface area contributed by atoms with Gasteiger partial charge in [-0.3, -0.25) is 14.6 Å². The number of piperazine rings is 1. The topological polar surface area (TPSA) is 52.2 Å². The van der Waals surface area contributed by atoms with Crippen molar-refractivity contribution in [3.63, 3.8) is 0 Å². The van der Waals surface area contributed by atoms with E-state index >= 15 is 0 Å². The van der Waals surface area contributed by atoms with Crippen LogP contribution in [-0.4, -0.2) is 45.9 Å². The molecule has 1 aromatic carbocycles. The Bertz CT molecular complexity index is 1070. The molecule has 0 radical (unpaired) electrons. The molecule has 1 aliphatic heterocycles. The van der Waals surface area contributed by atoms with E-state index in [2.05, 4.69) is 20.9 Å². The fraction of sp³-hybridized carbons (Fsp3) is 0.429. The zero-order chi connectivity index (χ0) is 19.1. The molecule has 0 amide bonds. The smallest absolute Gasteiger partial charge is 0.259 e. The van der Waals surface area contributed by atoms with Crippen molar-refractivity contribution < 1.29 is 0 Å². The van der Waals surface area contributed by atoms with Gasteiger partial charge in [0.15, 0.2) is 0 Å². The van der Waals surface area contributed by atoms with E-state index in [1.54, 1.807) is 11.3 Å². The minimum atomic E-state index is 0.0407. The summed E-state index contributed by atoms with van der Waals surface area (Å²) >= 11 is 7.80. The first-order chi connectivity index (χ1) is 13.7. The lowest BCUT2D eigenvalue weighted by molar-refractivity contribution is 0.120. The maximum Gasteiger partial charge on any atom is 0.259 e. The summed E-state index contributed by atoms with van der Waals surface area (Å²) in [5.41, 5.74) is 2.54. The molecule has 1 aliphatic carbocycles. The average molecular weight is 415 g/mol. The fourth-order valence-electron chi connectivity index (χ4n) is 4.33. The minimum Gasteiger partial charge on any atom is -0.309 e. The molecule has 7 heteroatoms. The van der Waals surface area contributed by atoms with E-state index in [0.717, 1.165) is 73.0 Å². The van der Waals surface area contributed by atoms with Crippen LogP contribution < -0.4 is 5.56 Å². The third kappa shape index (κ3) is 3.62. The predicted molar refractivity (Wildman–Crippen MR) is 114 cm³/mol. The lowest BCUT2D eigenvalue weighted by Crippen LogP contribution is -2.45. The lowest BCUT2D eigenvalue weighted by atomic mass is 10.2. The molecule has 3 aromatic rings. The summed E-state index contributed by atoms with van der Waals surface area (Å²) in [5.74, 6) is 0.792. The Balaban J connectivity index is 1.24. The van der Waals surface area contributed by atoms with Gasteiger partial charge in [-0.2, -0.15) is 0 Å². The van der Waals surface area contributed by atoms with Crippen LogP contribution in [-0.2, 0) is 25.9 Å². The van der Waals surface area contributed by atoms with Gasteiger partial charge in [0.2, 0.25) is 0 Å². The number of halogens is 1. The van der Waals surface area contributed by atoms with Crippen LogP contribution in [0.15, 0.2) is 29.1 Å². The third-order valence-corrected chi connectivity index (χ3v) is 7.18. The number of aryl methyl sites for hydroxylation is 2. The van der Waals surface area contributed by atoms with Crippen molar-refractivity contribution in [1.82, 2.24) is 19.8 Å². The first-order valence-electron chi connectivity index (χ1n) is 9.88. The fourth-order valence-corrected chi connectivity index (χ4v) is 5.83. The van der Waals surface area contributed by atoms with E-state index in [1.807, 2.05) is 18.2 Å². The Morgan fingerprint density at radius 2 is 1.89 bits per heavy atom. The second kappa shape index (κ2) is 7.59. The Labute approximate surface area is 173 Å². The van der Waals surface area contributed by atoms with E-state index in [0.29, 0.717) is 6.54 Å². The van der Waals surface area contributed by atoms with Gasteiger partial charge in [0, 0.05) is 42.6 Å². The van der Waals surface area contributed by atoms with Crippen LogP contribution >= 0.6 is 22.9 Å². The number of benzene rings is 1. The summed E-state index contributed by atoms with van der Waals surface area (Å²) < 4.78 is 0. The number of rotatable bonds is 4. The number of nitrogens with zero attached hydrogens (tertiary/aromatic N) is 3. The van der Waals surface area contributed by atoms with Crippen molar-refractivity contribution >= 4 is 33.2 Å². The van der Waals surface area contributed by atoms with Gasteiger partial charge in [-0.15, -0.1) is 11.3 Å². The highest BCUT2D eigenvalue weighted by molar-refractivity contribution is 7.18. The van der Waals surface area contributed by atoms with Crippen LogP contribution in [0.1, 0.15) is 28.2 Å². The summed E-state index contributed by atoms with van der Waals surface area (Å²) in [4.78, 5) is 27.5. The van der Waals surface area contributed by atoms with Crippen LogP contribution in [0.2, 0.25) is 5.02 Å². The highest BCUT2D eigenvalue weighted by Gasteiger charge is 2.22. The predicted octanol–water partition coefficient (Wildman–Crippen LogP) is 3.44. The molecule has 146 valence electrons. The lowest BCUT2D eigenvalue weighted by Gasteiger charge is -2.34. The number of aromatic nitrogens is 2. The number of thiophene rings is 1. The summed E-state index contributed by atoms with van der Waals surface area (Å²) in [6.07, 6.45) is 3.28. The zero-order valence-electron chi connectivity index (χ0n) is 15.7. The molecule has 0 saturated carbocycles. The second-order valence-corrected chi connectivity index (χ2v) is 9.25. The van der Waals surface area contributed by atoms with E-state index in [9.17, 15) is 4.79 Å². The molecule has 5 rings (SSSR count). The van der Waals surface area contributed by atoms with Crippen molar-refractivity contribution in [2.75, 3.05) is 26.2 Å². The summed E-state index contributed by atoms with van der Waals surface area (Å²) in [7, 11) is 0. The molecule has 0 unspecified atom stereocenters. The van der Waals surface area contributed by atoms with Gasteiger partial charge < -0.3 is 4.98 Å². The van der Waals surface area contributed by atoms with Gasteiger partial charge in [0.05, 0.1) is 11.9 Å². The van der Waals surface area contributed by atoms with E-state index < -0.39 is 0 Å². The quantitative estimate of drug-likeness (QED) is 0.710. The zero-order valence-corrected chi connectivity index (χ0v) is 17.3. The number of H-pyrrole nitrogens is 1. The largest absolute Gasteiger partial charge is 0.309 e. The first-order valence-corrected chi connectivity index (χ1v) is 11.1. The normalized spacial score (nSPS) is 18.0. The molecule has 0 atom stereocenters. The third-order valence-electron chi connectivity index (χ3n) is 5.76. The minimum absolute atomic E-state index is 0.0407. The van der Waals surface area contributed by atoms with Gasteiger partial charge >= 0.3 is 0 Å². The Morgan fingerprint density at radius 1 is 1.11 bits per heavy atom. The molecule has 0 bridgehead atoms. The summed E-state index contributed by atoms with van der Waals surface area (Å²) in [6, 6.07) is 8.08. The van der Waals surface area contributed by atoms with Crippen molar-refractivity contribution in [1.29, 1.82) is 0 Å². The van der Waals surface area contributed by atoms with Crippen LogP contribution in [0.5, 0.6) is 0 Å². The Hall–Kier alpha value is -1.73. The van der Waals surface area contributed by atoms with Crippen LogP contribution in [0.4, 0.5) is 0 Å². The molecule has 5 nitrogen and oxygen atoms in total. The number of fused-ring (bicyclic) bond motifs is 3.